The number of rotatable bonds is 5. The van der Waals surface area contributed by atoms with Gasteiger partial charge in [0.25, 0.3) is 0 Å². The highest BCUT2D eigenvalue weighted by Crippen LogP contribution is 2.34. The summed E-state index contributed by atoms with van der Waals surface area (Å²) < 4.78 is 11.1. The number of aryl methyl sites for hydroxylation is 1. The van der Waals surface area contributed by atoms with Crippen molar-refractivity contribution < 1.29 is 19.1 Å². The molecule has 1 saturated heterocycles. The first kappa shape index (κ1) is 18.9. The molecule has 1 fully saturated rings. The van der Waals surface area contributed by atoms with Gasteiger partial charge in [-0.1, -0.05) is 6.07 Å². The summed E-state index contributed by atoms with van der Waals surface area (Å²) in [6, 6.07) is 5.52. The number of anilines is 1. The second-order valence-electron chi connectivity index (χ2n) is 6.68. The molecule has 0 unspecified atom stereocenters. The average Bonchev–Trinajstić information content (AvgIpc) is 3.08. The van der Waals surface area contributed by atoms with Gasteiger partial charge in [0.15, 0.2) is 0 Å². The van der Waals surface area contributed by atoms with Crippen molar-refractivity contribution in [2.45, 2.75) is 39.7 Å². The van der Waals surface area contributed by atoms with Crippen LogP contribution in [0.1, 0.15) is 42.7 Å². The molecule has 7 nitrogen and oxygen atoms in total. The first-order valence-electron chi connectivity index (χ1n) is 9.20. The molecule has 144 valence electrons. The van der Waals surface area contributed by atoms with Crippen LogP contribution in [0.4, 0.5) is 5.69 Å². The number of carbonyl (C=O) groups excluding carboxylic acids is 2. The number of nitrogen functional groups attached to an aromatic ring is 1. The molecule has 1 aliphatic rings. The zero-order chi connectivity index (χ0) is 19.6. The Balaban J connectivity index is 1.95. The van der Waals surface area contributed by atoms with Crippen LogP contribution in [0.3, 0.4) is 0 Å². The minimum Gasteiger partial charge on any atom is -0.491 e. The molecule has 1 atom stereocenters. The minimum atomic E-state index is -0.491. The third-order valence-corrected chi connectivity index (χ3v) is 4.89. The summed E-state index contributed by atoms with van der Waals surface area (Å²) in [4.78, 5) is 30.4. The highest BCUT2D eigenvalue weighted by Gasteiger charge is 2.27. The number of fused-ring (bicyclic) bond motifs is 1. The molecule has 1 aliphatic heterocycles. The standard InChI is InChI=1S/C20H25N3O4/c1-4-26-20(25)17-12(2)22-15-8-5-9-16(18(15)19(17)21)27-11-14-7-6-10-23(14)13(3)24/h5,8-9,14H,4,6-7,10-11H2,1-3H3,(H2,21,22)/t14-/m1/s1. The Hall–Kier alpha value is -2.83. The molecule has 0 radical (unpaired) electrons. The normalized spacial score (nSPS) is 16.6. The number of benzene rings is 1. The Morgan fingerprint density at radius 1 is 1.37 bits per heavy atom. The maximum atomic E-state index is 12.3. The van der Waals surface area contributed by atoms with E-state index in [1.165, 1.54) is 0 Å². The number of pyridine rings is 1. The van der Waals surface area contributed by atoms with Gasteiger partial charge in [0.1, 0.15) is 17.9 Å². The molecule has 0 aliphatic carbocycles. The van der Waals surface area contributed by atoms with Gasteiger partial charge in [0, 0.05) is 13.5 Å². The fraction of sp³-hybridized carbons (Fsp3) is 0.450. The summed E-state index contributed by atoms with van der Waals surface area (Å²) in [6.45, 7) is 6.45. The van der Waals surface area contributed by atoms with Crippen LogP contribution in [-0.2, 0) is 9.53 Å². The van der Waals surface area contributed by atoms with Gasteiger partial charge in [-0.25, -0.2) is 4.79 Å². The lowest BCUT2D eigenvalue weighted by molar-refractivity contribution is -0.130. The summed E-state index contributed by atoms with van der Waals surface area (Å²) in [7, 11) is 0. The zero-order valence-corrected chi connectivity index (χ0v) is 15.9. The summed E-state index contributed by atoms with van der Waals surface area (Å²) in [6.07, 6.45) is 1.88. The predicted octanol–water partition coefficient (Wildman–Crippen LogP) is 2.69. The predicted molar refractivity (Wildman–Crippen MR) is 103 cm³/mol. The van der Waals surface area contributed by atoms with Gasteiger partial charge in [0.05, 0.1) is 34.9 Å². The van der Waals surface area contributed by atoms with Gasteiger partial charge in [-0.2, -0.15) is 0 Å². The van der Waals surface area contributed by atoms with Gasteiger partial charge in [0.2, 0.25) is 5.91 Å². The van der Waals surface area contributed by atoms with E-state index in [-0.39, 0.29) is 24.1 Å². The fourth-order valence-corrected chi connectivity index (χ4v) is 3.63. The highest BCUT2D eigenvalue weighted by molar-refractivity contribution is 6.07. The van der Waals surface area contributed by atoms with Crippen LogP contribution in [0.2, 0.25) is 0 Å². The van der Waals surface area contributed by atoms with Gasteiger partial charge >= 0.3 is 5.97 Å². The third kappa shape index (κ3) is 3.67. The molecule has 0 spiro atoms. The molecule has 2 aromatic rings. The van der Waals surface area contributed by atoms with Crippen molar-refractivity contribution in [1.82, 2.24) is 9.88 Å². The van der Waals surface area contributed by atoms with E-state index in [4.69, 9.17) is 15.2 Å². The Labute approximate surface area is 158 Å². The number of amides is 1. The van der Waals surface area contributed by atoms with Crippen molar-refractivity contribution in [3.63, 3.8) is 0 Å². The Morgan fingerprint density at radius 2 is 2.15 bits per heavy atom. The fourth-order valence-electron chi connectivity index (χ4n) is 3.63. The van der Waals surface area contributed by atoms with Gasteiger partial charge in [-0.3, -0.25) is 9.78 Å². The van der Waals surface area contributed by atoms with Gasteiger partial charge < -0.3 is 20.1 Å². The number of likely N-dealkylation sites (tertiary alicyclic amines) is 1. The van der Waals surface area contributed by atoms with E-state index in [2.05, 4.69) is 4.98 Å². The Bertz CT molecular complexity index is 881. The van der Waals surface area contributed by atoms with Crippen molar-refractivity contribution in [2.75, 3.05) is 25.5 Å². The van der Waals surface area contributed by atoms with Crippen molar-refractivity contribution in [3.8, 4) is 5.75 Å². The number of carbonyl (C=O) groups is 2. The van der Waals surface area contributed by atoms with Crippen molar-refractivity contribution in [2.24, 2.45) is 0 Å². The first-order valence-corrected chi connectivity index (χ1v) is 9.20. The summed E-state index contributed by atoms with van der Waals surface area (Å²) in [5, 5.41) is 0.596. The number of hydrogen-bond donors (Lipinski definition) is 1. The van der Waals surface area contributed by atoms with Crippen molar-refractivity contribution >= 4 is 28.5 Å². The maximum absolute atomic E-state index is 12.3. The molecule has 2 N–H and O–H groups in total. The summed E-state index contributed by atoms with van der Waals surface area (Å²) in [5.74, 6) is 0.120. The molecule has 2 heterocycles. The van der Waals surface area contributed by atoms with Crippen LogP contribution in [-0.4, -0.2) is 47.6 Å². The molecule has 1 aromatic carbocycles. The Kier molecular flexibility index (Phi) is 5.48. The monoisotopic (exact) mass is 371 g/mol. The first-order chi connectivity index (χ1) is 12.9. The highest BCUT2D eigenvalue weighted by atomic mass is 16.5. The lowest BCUT2D eigenvalue weighted by Crippen LogP contribution is -2.37. The lowest BCUT2D eigenvalue weighted by atomic mass is 10.1. The van der Waals surface area contributed by atoms with E-state index in [9.17, 15) is 9.59 Å². The minimum absolute atomic E-state index is 0.0434. The third-order valence-electron chi connectivity index (χ3n) is 4.89. The summed E-state index contributed by atoms with van der Waals surface area (Å²) >= 11 is 0. The average molecular weight is 371 g/mol. The molecule has 0 bridgehead atoms. The second-order valence-corrected chi connectivity index (χ2v) is 6.68. The SMILES string of the molecule is CCOC(=O)c1c(C)nc2cccc(OC[C@H]3CCCN3C(C)=O)c2c1N. The number of aromatic nitrogens is 1. The van der Waals surface area contributed by atoms with E-state index >= 15 is 0 Å². The van der Waals surface area contributed by atoms with E-state index in [1.54, 1.807) is 26.8 Å². The molecular weight excluding hydrogens is 346 g/mol. The van der Waals surface area contributed by atoms with Crippen LogP contribution < -0.4 is 10.5 Å². The lowest BCUT2D eigenvalue weighted by Gasteiger charge is -2.24. The zero-order valence-electron chi connectivity index (χ0n) is 15.9. The van der Waals surface area contributed by atoms with E-state index < -0.39 is 5.97 Å². The Morgan fingerprint density at radius 3 is 2.85 bits per heavy atom. The number of esters is 1. The van der Waals surface area contributed by atoms with Crippen LogP contribution >= 0.6 is 0 Å². The molecule has 7 heteroatoms. The van der Waals surface area contributed by atoms with Crippen LogP contribution in [0, 0.1) is 6.92 Å². The molecule has 3 rings (SSSR count). The van der Waals surface area contributed by atoms with Gasteiger partial charge in [-0.15, -0.1) is 0 Å². The number of nitrogens with zero attached hydrogens (tertiary/aromatic N) is 2. The molecular formula is C20H25N3O4. The van der Waals surface area contributed by atoms with Crippen LogP contribution in [0.5, 0.6) is 5.75 Å². The number of ether oxygens (including phenoxy) is 2. The van der Waals surface area contributed by atoms with E-state index in [1.807, 2.05) is 17.0 Å². The quantitative estimate of drug-likeness (QED) is 0.812. The number of hydrogen-bond acceptors (Lipinski definition) is 6. The van der Waals surface area contributed by atoms with Crippen molar-refractivity contribution in [3.05, 3.63) is 29.5 Å². The largest absolute Gasteiger partial charge is 0.491 e. The number of nitrogens with two attached hydrogens (primary N) is 1. The molecule has 1 amide bonds. The van der Waals surface area contributed by atoms with Crippen LogP contribution in [0.15, 0.2) is 18.2 Å². The summed E-state index contributed by atoms with van der Waals surface area (Å²) in [5.41, 5.74) is 8.08. The molecule has 1 aromatic heterocycles. The van der Waals surface area contributed by atoms with Crippen LogP contribution in [0.25, 0.3) is 10.9 Å². The smallest absolute Gasteiger partial charge is 0.342 e. The molecule has 0 saturated carbocycles. The second kappa shape index (κ2) is 7.82. The van der Waals surface area contributed by atoms with E-state index in [0.29, 0.717) is 34.6 Å². The van der Waals surface area contributed by atoms with E-state index in [0.717, 1.165) is 19.4 Å². The molecule has 27 heavy (non-hydrogen) atoms. The van der Waals surface area contributed by atoms with Gasteiger partial charge in [-0.05, 0) is 38.8 Å². The maximum Gasteiger partial charge on any atom is 0.342 e. The topological polar surface area (TPSA) is 94.8 Å². The van der Waals surface area contributed by atoms with Crippen molar-refractivity contribution in [1.29, 1.82) is 0 Å².